The van der Waals surface area contributed by atoms with E-state index in [0.29, 0.717) is 12.1 Å². The summed E-state index contributed by atoms with van der Waals surface area (Å²) in [6.45, 7) is 3.80. The van der Waals surface area contributed by atoms with Crippen LogP contribution >= 0.6 is 0 Å². The fourth-order valence-corrected chi connectivity index (χ4v) is 3.01. The molecule has 0 aromatic carbocycles. The zero-order valence-electron chi connectivity index (χ0n) is 19.0. The minimum Gasteiger partial charge on any atom is -0.388 e. The Hall–Kier alpha value is -2.90. The molecule has 0 saturated carbocycles. The number of allylic oxidation sites excluding steroid dienone is 1. The van der Waals surface area contributed by atoms with Crippen LogP contribution in [0.2, 0.25) is 0 Å². The number of ether oxygens (including phenoxy) is 1. The number of nitrogens with zero attached hydrogens (tertiary/aromatic N) is 4. The number of aromatic nitrogens is 2. The van der Waals surface area contributed by atoms with Crippen LogP contribution in [0, 0.1) is 5.92 Å². The number of azo groups is 1. The van der Waals surface area contributed by atoms with Gasteiger partial charge in [0.1, 0.15) is 24.1 Å². The third kappa shape index (κ3) is 8.15. The molecule has 1 aliphatic heterocycles. The van der Waals surface area contributed by atoms with Gasteiger partial charge in [-0.2, -0.15) is 23.4 Å². The van der Waals surface area contributed by atoms with Crippen molar-refractivity contribution in [2.45, 2.75) is 50.8 Å². The van der Waals surface area contributed by atoms with Crippen LogP contribution in [0.5, 0.6) is 0 Å². The van der Waals surface area contributed by atoms with Crippen LogP contribution in [-0.2, 0) is 15.7 Å². The largest absolute Gasteiger partial charge is 0.434 e. The first-order valence-electron chi connectivity index (χ1n) is 10.6. The number of rotatable bonds is 9. The summed E-state index contributed by atoms with van der Waals surface area (Å²) in [6, 6.07) is -0.945. The van der Waals surface area contributed by atoms with Gasteiger partial charge in [0.15, 0.2) is 5.69 Å². The monoisotopic (exact) mass is 486 g/mol. The van der Waals surface area contributed by atoms with E-state index in [-0.39, 0.29) is 24.5 Å². The molecule has 2 rings (SSSR count). The quantitative estimate of drug-likeness (QED) is 0.238. The summed E-state index contributed by atoms with van der Waals surface area (Å²) in [5.74, 6) is -0.296. The molecule has 0 unspecified atom stereocenters. The molecule has 1 amide bonds. The number of hydrogen-bond donors (Lipinski definition) is 4. The average molecular weight is 486 g/mol. The van der Waals surface area contributed by atoms with E-state index in [1.807, 2.05) is 19.9 Å². The molecule has 1 saturated heterocycles. The fourth-order valence-electron chi connectivity index (χ4n) is 3.01. The van der Waals surface area contributed by atoms with Crippen LogP contribution in [0.4, 0.5) is 19.0 Å². The van der Waals surface area contributed by atoms with Crippen molar-refractivity contribution in [3.8, 4) is 0 Å². The number of hydrogen-bond acceptors (Lipinski definition) is 9. The second-order valence-electron chi connectivity index (χ2n) is 8.03. The Bertz CT molecular complexity index is 907. The zero-order chi connectivity index (χ0) is 25.3. The second kappa shape index (κ2) is 12.5. The highest BCUT2D eigenvalue weighted by Crippen LogP contribution is 2.28. The standard InChI is InChI=1S/C21H29F3N6O4/c1-12(2)5-4-6-13(7-28-25-3)20(33)27-8-15-19(32)18(31)14(11-34-15)29-17-10-26-9-16(30-17)21(22,23)24/h4,6-7,9-10,12,14-15,18-19,31-32H,5,8,11H2,1-3H3,(H,27,33)(H,29,30)/b6-4-,13-7+,28-25?/t14-,15+,18+,19-/m0/s1. The Morgan fingerprint density at radius 1 is 1.32 bits per heavy atom. The van der Waals surface area contributed by atoms with Crippen LogP contribution in [0.25, 0.3) is 0 Å². The molecule has 0 aliphatic carbocycles. The number of aliphatic hydroxyl groups is 2. The number of carbonyl (C=O) groups excluding carboxylic acids is 1. The van der Waals surface area contributed by atoms with Crippen molar-refractivity contribution in [2.75, 3.05) is 25.5 Å². The minimum absolute atomic E-state index is 0.119. The van der Waals surface area contributed by atoms with Gasteiger partial charge in [-0.05, 0) is 12.3 Å². The number of halogens is 3. The Morgan fingerprint density at radius 2 is 2.06 bits per heavy atom. The molecule has 4 N–H and O–H groups in total. The van der Waals surface area contributed by atoms with Gasteiger partial charge in [0.05, 0.1) is 36.8 Å². The van der Waals surface area contributed by atoms with Gasteiger partial charge in [-0.3, -0.25) is 9.78 Å². The SMILES string of the molecule is CN=N/C=C(\C=C/CC(C)C)C(=O)NC[C@H]1OC[C@H](Nc2cncc(C(F)(F)F)n2)[C@@H](O)[C@H]1O. The normalized spacial score (nSPS) is 24.2. The molecule has 0 radical (unpaired) electrons. The third-order valence-electron chi connectivity index (χ3n) is 4.83. The lowest BCUT2D eigenvalue weighted by Crippen LogP contribution is -2.58. The smallest absolute Gasteiger partial charge is 0.388 e. The van der Waals surface area contributed by atoms with Gasteiger partial charge in [0, 0.05) is 13.6 Å². The van der Waals surface area contributed by atoms with E-state index in [4.69, 9.17) is 4.74 Å². The topological polar surface area (TPSA) is 141 Å². The maximum absolute atomic E-state index is 12.8. The lowest BCUT2D eigenvalue weighted by molar-refractivity contribution is -0.142. The Morgan fingerprint density at radius 3 is 2.71 bits per heavy atom. The molecule has 4 atom stereocenters. The zero-order valence-corrected chi connectivity index (χ0v) is 19.0. The van der Waals surface area contributed by atoms with E-state index in [0.717, 1.165) is 12.6 Å². The number of alkyl halides is 3. The van der Waals surface area contributed by atoms with Gasteiger partial charge >= 0.3 is 6.18 Å². The van der Waals surface area contributed by atoms with Crippen LogP contribution in [0.15, 0.2) is 46.5 Å². The Labute approximate surface area is 195 Å². The molecule has 1 fully saturated rings. The molecule has 1 aromatic rings. The van der Waals surface area contributed by atoms with E-state index in [9.17, 15) is 28.2 Å². The van der Waals surface area contributed by atoms with Crippen LogP contribution in [-0.4, -0.2) is 70.6 Å². The molecule has 34 heavy (non-hydrogen) atoms. The Kier molecular flexibility index (Phi) is 10.1. The Balaban J connectivity index is 1.96. The molecular formula is C21H29F3N6O4. The number of anilines is 1. The first kappa shape index (κ1) is 27.3. The molecule has 0 spiro atoms. The summed E-state index contributed by atoms with van der Waals surface area (Å²) in [4.78, 5) is 19.4. The number of nitrogens with one attached hydrogen (secondary N) is 2. The number of aliphatic hydroxyl groups excluding tert-OH is 2. The van der Waals surface area contributed by atoms with E-state index >= 15 is 0 Å². The highest BCUT2D eigenvalue weighted by Gasteiger charge is 2.39. The van der Waals surface area contributed by atoms with Gasteiger partial charge in [0.2, 0.25) is 0 Å². The molecule has 2 heterocycles. The van der Waals surface area contributed by atoms with E-state index < -0.39 is 42.1 Å². The molecular weight excluding hydrogens is 457 g/mol. The second-order valence-corrected chi connectivity index (χ2v) is 8.03. The van der Waals surface area contributed by atoms with Crippen molar-refractivity contribution in [1.82, 2.24) is 15.3 Å². The van der Waals surface area contributed by atoms with Crippen molar-refractivity contribution < 1.29 is 32.9 Å². The number of carbonyl (C=O) groups is 1. The fraction of sp³-hybridized carbons (Fsp3) is 0.571. The molecule has 1 aliphatic rings. The molecule has 188 valence electrons. The highest BCUT2D eigenvalue weighted by atomic mass is 19.4. The van der Waals surface area contributed by atoms with E-state index in [1.54, 1.807) is 6.08 Å². The third-order valence-corrected chi connectivity index (χ3v) is 4.83. The van der Waals surface area contributed by atoms with Crippen LogP contribution in [0.1, 0.15) is 26.0 Å². The number of amides is 1. The summed E-state index contributed by atoms with van der Waals surface area (Å²) in [6.07, 6.45) is -1.29. The molecule has 13 heteroatoms. The summed E-state index contributed by atoms with van der Waals surface area (Å²) >= 11 is 0. The van der Waals surface area contributed by atoms with Gasteiger partial charge in [-0.1, -0.05) is 26.0 Å². The van der Waals surface area contributed by atoms with E-state index in [2.05, 4.69) is 30.8 Å². The lowest BCUT2D eigenvalue weighted by Gasteiger charge is -2.38. The first-order valence-corrected chi connectivity index (χ1v) is 10.6. The van der Waals surface area contributed by atoms with Gasteiger partial charge in [0.25, 0.3) is 5.91 Å². The van der Waals surface area contributed by atoms with Gasteiger partial charge in [-0.25, -0.2) is 4.98 Å². The predicted molar refractivity (Wildman–Crippen MR) is 117 cm³/mol. The summed E-state index contributed by atoms with van der Waals surface area (Å²) in [5, 5.41) is 33.4. The molecule has 1 aromatic heterocycles. The average Bonchev–Trinajstić information content (AvgIpc) is 2.78. The van der Waals surface area contributed by atoms with Crippen molar-refractivity contribution >= 4 is 11.7 Å². The van der Waals surface area contributed by atoms with Crippen molar-refractivity contribution in [2.24, 2.45) is 16.1 Å². The van der Waals surface area contributed by atoms with Crippen LogP contribution in [0.3, 0.4) is 0 Å². The summed E-state index contributed by atoms with van der Waals surface area (Å²) < 4.78 is 44.0. The van der Waals surface area contributed by atoms with Crippen molar-refractivity contribution in [3.63, 3.8) is 0 Å². The molecule has 0 bridgehead atoms. The minimum atomic E-state index is -4.68. The van der Waals surface area contributed by atoms with Gasteiger partial charge < -0.3 is 25.6 Å². The maximum atomic E-state index is 12.8. The van der Waals surface area contributed by atoms with Crippen LogP contribution < -0.4 is 10.6 Å². The summed E-state index contributed by atoms with van der Waals surface area (Å²) in [7, 11) is 1.47. The van der Waals surface area contributed by atoms with Crippen molar-refractivity contribution in [3.05, 3.63) is 42.0 Å². The lowest BCUT2D eigenvalue weighted by atomic mass is 9.98. The van der Waals surface area contributed by atoms with Gasteiger partial charge in [-0.15, -0.1) is 0 Å². The first-order chi connectivity index (χ1) is 16.0. The summed E-state index contributed by atoms with van der Waals surface area (Å²) in [5.41, 5.74) is -0.946. The highest BCUT2D eigenvalue weighted by molar-refractivity contribution is 5.96. The molecule has 10 nitrogen and oxygen atoms in total. The van der Waals surface area contributed by atoms with Crippen molar-refractivity contribution in [1.29, 1.82) is 0 Å². The van der Waals surface area contributed by atoms with E-state index in [1.165, 1.54) is 13.2 Å². The predicted octanol–water partition coefficient (Wildman–Crippen LogP) is 2.08. The maximum Gasteiger partial charge on any atom is 0.434 e.